The van der Waals surface area contributed by atoms with Crippen molar-refractivity contribution >= 4 is 3.21 Å². The fraction of sp³-hybridized carbons (Fsp3) is 0.605. The zero-order valence-electron chi connectivity index (χ0n) is 29.6. The second-order valence-corrected chi connectivity index (χ2v) is 24.9. The molecule has 46 heavy (non-hydrogen) atoms. The fourth-order valence-electron chi connectivity index (χ4n) is 11.4. The summed E-state index contributed by atoms with van der Waals surface area (Å²) < 4.78 is 4.80. The van der Waals surface area contributed by atoms with E-state index in [-0.39, 0.29) is 35.6 Å². The van der Waals surface area contributed by atoms with Crippen LogP contribution in [0.1, 0.15) is 151 Å². The molecule has 0 N–H and O–H groups in total. The van der Waals surface area contributed by atoms with Crippen LogP contribution in [0.15, 0.2) is 56.9 Å². The van der Waals surface area contributed by atoms with Crippen molar-refractivity contribution in [2.75, 3.05) is 0 Å². The van der Waals surface area contributed by atoms with Crippen molar-refractivity contribution in [1.29, 1.82) is 0 Å². The number of benzene rings is 2. The molecular weight excluding hydrogens is 679 g/mol. The summed E-state index contributed by atoms with van der Waals surface area (Å²) in [6.07, 6.45) is 20.3. The van der Waals surface area contributed by atoms with E-state index in [0.29, 0.717) is 9.04 Å². The minimum Gasteiger partial charge on any atom is -1.00 e. The number of hydrogen-bond acceptors (Lipinski definition) is 0. The Balaban J connectivity index is 0.00000186. The van der Waals surface area contributed by atoms with E-state index < -0.39 is 21.3 Å². The van der Waals surface area contributed by atoms with E-state index in [1.54, 1.807) is 47.1 Å². The first-order valence-corrected chi connectivity index (χ1v) is 22.2. The van der Waals surface area contributed by atoms with Gasteiger partial charge in [0.05, 0.1) is 0 Å². The molecular formula is C43H56Cl2Zr. The first-order valence-electron chi connectivity index (χ1n) is 18.3. The smallest absolute Gasteiger partial charge is 1.00 e. The van der Waals surface area contributed by atoms with Crippen LogP contribution < -0.4 is 24.8 Å². The molecule has 0 spiro atoms. The molecule has 5 saturated carbocycles. The monoisotopic (exact) mass is 732 g/mol. The van der Waals surface area contributed by atoms with Gasteiger partial charge >= 0.3 is 278 Å². The maximum absolute atomic E-state index is 2.72. The standard InChI is InChI=1S/C21H25.C16H21.C6H10.2ClH.Zr/c1-20(2,3)16-9-7-14-11-15-8-10-17(21(4,5)6)13-19(15)18(14)12-16;1-11-3-2-4-15(11)16-8-12-5-13(9-16)7-14(6-12)10-16;1-2-4-6-5-3-1;;;/h7-13H,1-6H3;3,12-14H,2,5-10H2,1H3;1-5H2;2*1H;/q;;;;;+2/p-2. The summed E-state index contributed by atoms with van der Waals surface area (Å²) >= 11 is -2.34. The molecule has 7 aliphatic rings. The van der Waals surface area contributed by atoms with E-state index in [9.17, 15) is 0 Å². The molecule has 0 aliphatic heterocycles. The molecule has 2 aromatic carbocycles. The van der Waals surface area contributed by atoms with Crippen LogP contribution in [-0.2, 0) is 32.1 Å². The summed E-state index contributed by atoms with van der Waals surface area (Å²) in [5.74, 6) is 3.03. The molecule has 0 aromatic heterocycles. The van der Waals surface area contributed by atoms with Crippen LogP contribution in [0.3, 0.4) is 0 Å². The van der Waals surface area contributed by atoms with Gasteiger partial charge in [0.1, 0.15) is 0 Å². The Morgan fingerprint density at radius 3 is 1.61 bits per heavy atom. The Morgan fingerprint density at radius 1 is 0.674 bits per heavy atom. The molecule has 246 valence electrons. The second-order valence-electron chi connectivity index (χ2n) is 18.3. The number of allylic oxidation sites excluding steroid dienone is 4. The van der Waals surface area contributed by atoms with E-state index in [1.807, 2.05) is 5.57 Å². The van der Waals surface area contributed by atoms with Gasteiger partial charge in [-0.05, 0) is 0 Å². The zero-order valence-corrected chi connectivity index (χ0v) is 33.6. The van der Waals surface area contributed by atoms with Crippen LogP contribution in [0, 0.1) is 23.2 Å². The summed E-state index contributed by atoms with van der Waals surface area (Å²) in [6.45, 7) is 16.9. The van der Waals surface area contributed by atoms with Crippen molar-refractivity contribution in [3.05, 3.63) is 79.2 Å². The Hall–Kier alpha value is -0.747. The first-order chi connectivity index (χ1) is 20.9. The van der Waals surface area contributed by atoms with Gasteiger partial charge in [-0.2, -0.15) is 0 Å². The van der Waals surface area contributed by atoms with E-state index in [2.05, 4.69) is 97.4 Å². The summed E-state index contributed by atoms with van der Waals surface area (Å²) in [5.41, 5.74) is 14.1. The maximum Gasteiger partial charge on any atom is -1.00 e. The SMILES string of the molecule is CC1=CC[C]([Zr+2](=[C]2CCCCC2)[CH]2c3ccc(C(C)(C)C)cc3-c3cc(C(C)(C)C)ccc32)=C1C12CC3CC(CC(C3)C1)C2.[Cl-].[Cl-]. The molecule has 9 rings (SSSR count). The van der Waals surface area contributed by atoms with E-state index in [0.717, 1.165) is 17.8 Å². The molecule has 4 bridgehead atoms. The van der Waals surface area contributed by atoms with Crippen molar-refractivity contribution < 1.29 is 46.1 Å². The van der Waals surface area contributed by atoms with Gasteiger partial charge in [0, 0.05) is 0 Å². The molecule has 5 fully saturated rings. The van der Waals surface area contributed by atoms with Crippen molar-refractivity contribution in [1.82, 2.24) is 0 Å². The molecule has 0 heterocycles. The summed E-state index contributed by atoms with van der Waals surface area (Å²) in [4.78, 5) is 0. The number of fused-ring (bicyclic) bond motifs is 3. The van der Waals surface area contributed by atoms with Crippen LogP contribution in [0.5, 0.6) is 0 Å². The predicted octanol–water partition coefficient (Wildman–Crippen LogP) is 5.93. The summed E-state index contributed by atoms with van der Waals surface area (Å²) in [6, 6.07) is 15.5. The van der Waals surface area contributed by atoms with Crippen LogP contribution in [0.2, 0.25) is 0 Å². The molecule has 0 radical (unpaired) electrons. The van der Waals surface area contributed by atoms with Gasteiger partial charge in [0.15, 0.2) is 0 Å². The largest absolute Gasteiger partial charge is 1.00 e. The van der Waals surface area contributed by atoms with E-state index in [1.165, 1.54) is 68.9 Å². The Kier molecular flexibility index (Phi) is 9.57. The Bertz CT molecular complexity index is 1510. The van der Waals surface area contributed by atoms with Crippen LogP contribution in [0.4, 0.5) is 0 Å². The molecule has 2 aromatic rings. The van der Waals surface area contributed by atoms with Gasteiger partial charge in [0.2, 0.25) is 0 Å². The normalized spacial score (nSPS) is 28.3. The van der Waals surface area contributed by atoms with Gasteiger partial charge in [-0.15, -0.1) is 0 Å². The topological polar surface area (TPSA) is 0 Å². The van der Waals surface area contributed by atoms with Crippen molar-refractivity contribution in [2.24, 2.45) is 23.2 Å². The van der Waals surface area contributed by atoms with Gasteiger partial charge in [-0.1, -0.05) is 0 Å². The quantitative estimate of drug-likeness (QED) is 0.367. The third-order valence-electron chi connectivity index (χ3n) is 13.1. The van der Waals surface area contributed by atoms with Crippen LogP contribution in [-0.4, -0.2) is 3.21 Å². The average molecular weight is 735 g/mol. The van der Waals surface area contributed by atoms with E-state index >= 15 is 0 Å². The number of halogens is 2. The summed E-state index contributed by atoms with van der Waals surface area (Å²) in [7, 11) is 0. The van der Waals surface area contributed by atoms with Gasteiger partial charge in [-0.3, -0.25) is 0 Å². The summed E-state index contributed by atoms with van der Waals surface area (Å²) in [5, 5.41) is 0. The van der Waals surface area contributed by atoms with E-state index in [4.69, 9.17) is 0 Å². The first kappa shape index (κ1) is 35.1. The van der Waals surface area contributed by atoms with Gasteiger partial charge in [0.25, 0.3) is 0 Å². The Labute approximate surface area is 300 Å². The number of rotatable bonds is 3. The molecule has 0 amide bonds. The molecule has 7 aliphatic carbocycles. The Morgan fingerprint density at radius 2 is 1.15 bits per heavy atom. The van der Waals surface area contributed by atoms with Crippen molar-refractivity contribution in [3.8, 4) is 11.1 Å². The zero-order chi connectivity index (χ0) is 30.6. The average Bonchev–Trinajstić information content (AvgIpc) is 3.50. The van der Waals surface area contributed by atoms with Crippen LogP contribution in [0.25, 0.3) is 11.1 Å². The third kappa shape index (κ3) is 5.81. The second kappa shape index (κ2) is 12.5. The molecule has 0 nitrogen and oxygen atoms in total. The minimum atomic E-state index is -2.34. The molecule has 0 atom stereocenters. The molecule has 3 heteroatoms. The fourth-order valence-corrected chi connectivity index (χ4v) is 21.9. The van der Waals surface area contributed by atoms with Crippen LogP contribution >= 0.6 is 0 Å². The van der Waals surface area contributed by atoms with Gasteiger partial charge < -0.3 is 24.8 Å². The molecule has 0 unspecified atom stereocenters. The minimum absolute atomic E-state index is 0. The van der Waals surface area contributed by atoms with Gasteiger partial charge in [-0.25, -0.2) is 0 Å². The number of hydrogen-bond donors (Lipinski definition) is 0. The maximum atomic E-state index is 2.72. The third-order valence-corrected chi connectivity index (χ3v) is 21.8. The predicted molar refractivity (Wildman–Crippen MR) is 185 cm³/mol. The van der Waals surface area contributed by atoms with Crippen molar-refractivity contribution in [2.45, 2.75) is 140 Å². The molecule has 0 saturated heterocycles. The van der Waals surface area contributed by atoms with Crippen molar-refractivity contribution in [3.63, 3.8) is 0 Å².